The predicted molar refractivity (Wildman–Crippen MR) is 90.9 cm³/mol. The second-order valence-electron chi connectivity index (χ2n) is 5.25. The molecule has 1 heterocycles. The number of hydrogen-bond acceptors (Lipinski definition) is 5. The second kappa shape index (κ2) is 8.82. The van der Waals surface area contributed by atoms with Gasteiger partial charge in [-0.15, -0.1) is 0 Å². The molecule has 5 heteroatoms. The summed E-state index contributed by atoms with van der Waals surface area (Å²) in [7, 11) is 0. The molecule has 1 aromatic carbocycles. The molecule has 0 unspecified atom stereocenters. The summed E-state index contributed by atoms with van der Waals surface area (Å²) in [5.41, 5.74) is 0.553. The molecule has 0 saturated carbocycles. The molecule has 0 amide bonds. The molecule has 0 saturated heterocycles. The average molecular weight is 327 g/mol. The van der Waals surface area contributed by atoms with Crippen LogP contribution in [0.25, 0.3) is 0 Å². The number of hydrogen-bond donors (Lipinski definition) is 0. The van der Waals surface area contributed by atoms with Gasteiger partial charge < -0.3 is 9.47 Å². The van der Waals surface area contributed by atoms with Crippen LogP contribution in [0.4, 0.5) is 0 Å². The third-order valence-corrected chi connectivity index (χ3v) is 3.28. The van der Waals surface area contributed by atoms with Crippen molar-refractivity contribution in [1.29, 1.82) is 0 Å². The summed E-state index contributed by atoms with van der Waals surface area (Å²) in [6.07, 6.45) is 4.64. The first kappa shape index (κ1) is 17.7. The minimum absolute atomic E-state index is 0.245. The first-order valence-corrected chi connectivity index (χ1v) is 8.06. The fourth-order valence-electron chi connectivity index (χ4n) is 2.09. The van der Waals surface area contributed by atoms with Crippen molar-refractivity contribution in [1.82, 2.24) is 4.98 Å². The summed E-state index contributed by atoms with van der Waals surface area (Å²) in [4.78, 5) is 28.8. The molecule has 126 valence electrons. The maximum atomic E-state index is 12.6. The molecule has 1 aromatic heterocycles. The van der Waals surface area contributed by atoms with Crippen LogP contribution in [0.3, 0.4) is 0 Å². The van der Waals surface area contributed by atoms with E-state index in [1.54, 1.807) is 18.2 Å². The highest BCUT2D eigenvalue weighted by Gasteiger charge is 2.22. The molecule has 2 rings (SSSR count). The zero-order valence-corrected chi connectivity index (χ0v) is 14.0. The maximum absolute atomic E-state index is 12.6. The molecule has 0 aliphatic carbocycles. The van der Waals surface area contributed by atoms with E-state index in [0.717, 1.165) is 12.8 Å². The number of pyridine rings is 1. The van der Waals surface area contributed by atoms with E-state index in [-0.39, 0.29) is 5.56 Å². The van der Waals surface area contributed by atoms with E-state index in [0.29, 0.717) is 30.3 Å². The third kappa shape index (κ3) is 4.41. The first-order valence-electron chi connectivity index (χ1n) is 8.06. The lowest BCUT2D eigenvalue weighted by atomic mass is 10.0. The monoisotopic (exact) mass is 327 g/mol. The molecule has 2 aromatic rings. The van der Waals surface area contributed by atoms with Gasteiger partial charge in [-0.25, -0.2) is 0 Å². The van der Waals surface area contributed by atoms with Gasteiger partial charge in [-0.2, -0.15) is 0 Å². The Balaban J connectivity index is 2.29. The molecule has 0 aliphatic rings. The van der Waals surface area contributed by atoms with Crippen molar-refractivity contribution in [3.63, 3.8) is 0 Å². The van der Waals surface area contributed by atoms with Gasteiger partial charge in [0.2, 0.25) is 11.6 Å². The van der Waals surface area contributed by atoms with Crippen LogP contribution in [-0.4, -0.2) is 29.8 Å². The molecule has 0 atom stereocenters. The Morgan fingerprint density at radius 2 is 1.58 bits per heavy atom. The topological polar surface area (TPSA) is 65.5 Å². The van der Waals surface area contributed by atoms with Crippen LogP contribution < -0.4 is 9.47 Å². The zero-order chi connectivity index (χ0) is 17.4. The summed E-state index contributed by atoms with van der Waals surface area (Å²) in [5, 5.41) is 0. The fraction of sp³-hybridized carbons (Fsp3) is 0.316. The molecule has 0 spiro atoms. The lowest BCUT2D eigenvalue weighted by molar-refractivity contribution is 0.0814. The van der Waals surface area contributed by atoms with Gasteiger partial charge in [-0.3, -0.25) is 14.6 Å². The van der Waals surface area contributed by atoms with E-state index in [1.165, 1.54) is 24.5 Å². The number of carbonyl (C=O) groups excluding carboxylic acids is 2. The van der Waals surface area contributed by atoms with Crippen molar-refractivity contribution in [3.05, 3.63) is 53.9 Å². The summed E-state index contributed by atoms with van der Waals surface area (Å²) in [6.45, 7) is 5.03. The summed E-state index contributed by atoms with van der Waals surface area (Å²) < 4.78 is 11.2. The van der Waals surface area contributed by atoms with Crippen molar-refractivity contribution < 1.29 is 19.1 Å². The van der Waals surface area contributed by atoms with Gasteiger partial charge in [-0.05, 0) is 37.1 Å². The maximum Gasteiger partial charge on any atom is 0.237 e. The average Bonchev–Trinajstić information content (AvgIpc) is 2.64. The minimum atomic E-state index is -0.602. The van der Waals surface area contributed by atoms with E-state index >= 15 is 0 Å². The number of carbonyl (C=O) groups is 2. The number of benzene rings is 1. The van der Waals surface area contributed by atoms with Crippen molar-refractivity contribution >= 4 is 11.6 Å². The number of nitrogens with zero attached hydrogens (tertiary/aromatic N) is 1. The van der Waals surface area contributed by atoms with Crippen molar-refractivity contribution in [2.75, 3.05) is 13.2 Å². The summed E-state index contributed by atoms with van der Waals surface area (Å²) >= 11 is 0. The van der Waals surface area contributed by atoms with E-state index in [9.17, 15) is 9.59 Å². The minimum Gasteiger partial charge on any atom is -0.493 e. The van der Waals surface area contributed by atoms with Crippen LogP contribution >= 0.6 is 0 Å². The molecular weight excluding hydrogens is 306 g/mol. The van der Waals surface area contributed by atoms with Gasteiger partial charge in [0.15, 0.2) is 0 Å². The quantitative estimate of drug-likeness (QED) is 0.519. The van der Waals surface area contributed by atoms with Gasteiger partial charge in [0.25, 0.3) is 0 Å². The molecule has 0 aliphatic heterocycles. The normalized spacial score (nSPS) is 10.2. The SMILES string of the molecule is CCCOc1ccc(C(=O)C(=O)c2ccncc2)c(OCCC)c1. The Morgan fingerprint density at radius 1 is 0.917 bits per heavy atom. The lowest BCUT2D eigenvalue weighted by Crippen LogP contribution is -2.16. The standard InChI is InChI=1S/C19H21NO4/c1-3-11-23-15-5-6-16(17(13-15)24-12-4-2)19(22)18(21)14-7-9-20-10-8-14/h5-10,13H,3-4,11-12H2,1-2H3. The van der Waals surface area contributed by atoms with Crippen LogP contribution in [0, 0.1) is 0 Å². The summed E-state index contributed by atoms with van der Waals surface area (Å²) in [5.74, 6) is -0.191. The smallest absolute Gasteiger partial charge is 0.237 e. The third-order valence-electron chi connectivity index (χ3n) is 3.28. The predicted octanol–water partition coefficient (Wildman–Crippen LogP) is 3.72. The Labute approximate surface area is 141 Å². The molecule has 24 heavy (non-hydrogen) atoms. The summed E-state index contributed by atoms with van der Waals surface area (Å²) in [6, 6.07) is 7.97. The van der Waals surface area contributed by atoms with E-state index in [1.807, 2.05) is 13.8 Å². The Bertz CT molecular complexity index is 698. The number of ether oxygens (including phenoxy) is 2. The van der Waals surface area contributed by atoms with E-state index in [2.05, 4.69) is 4.98 Å². The van der Waals surface area contributed by atoms with E-state index < -0.39 is 11.6 Å². The molecule has 0 N–H and O–H groups in total. The van der Waals surface area contributed by atoms with Gasteiger partial charge in [-0.1, -0.05) is 13.8 Å². The lowest BCUT2D eigenvalue weighted by Gasteiger charge is -2.12. The molecule has 0 bridgehead atoms. The van der Waals surface area contributed by atoms with Gasteiger partial charge in [0.05, 0.1) is 18.8 Å². The van der Waals surface area contributed by atoms with Crippen LogP contribution in [0.5, 0.6) is 11.5 Å². The van der Waals surface area contributed by atoms with Crippen molar-refractivity contribution in [2.45, 2.75) is 26.7 Å². The number of ketones is 2. The van der Waals surface area contributed by atoms with Gasteiger partial charge in [0, 0.05) is 24.0 Å². The Hall–Kier alpha value is -2.69. The number of rotatable bonds is 9. The number of Topliss-reactive ketones (excluding diaryl/α,β-unsaturated/α-hetero) is 2. The highest BCUT2D eigenvalue weighted by molar-refractivity contribution is 6.49. The molecule has 5 nitrogen and oxygen atoms in total. The van der Waals surface area contributed by atoms with Crippen molar-refractivity contribution in [2.24, 2.45) is 0 Å². The van der Waals surface area contributed by atoms with E-state index in [4.69, 9.17) is 9.47 Å². The van der Waals surface area contributed by atoms with Crippen LogP contribution in [0.15, 0.2) is 42.7 Å². The van der Waals surface area contributed by atoms with Crippen LogP contribution in [0.1, 0.15) is 47.4 Å². The van der Waals surface area contributed by atoms with Crippen LogP contribution in [0.2, 0.25) is 0 Å². The van der Waals surface area contributed by atoms with Crippen molar-refractivity contribution in [3.8, 4) is 11.5 Å². The molecule has 0 fully saturated rings. The Morgan fingerprint density at radius 3 is 2.25 bits per heavy atom. The zero-order valence-electron chi connectivity index (χ0n) is 14.0. The number of aromatic nitrogens is 1. The second-order valence-corrected chi connectivity index (χ2v) is 5.25. The first-order chi connectivity index (χ1) is 11.7. The Kier molecular flexibility index (Phi) is 6.49. The molecule has 0 radical (unpaired) electrons. The molecular formula is C19H21NO4. The van der Waals surface area contributed by atoms with Gasteiger partial charge in [0.1, 0.15) is 11.5 Å². The highest BCUT2D eigenvalue weighted by atomic mass is 16.5. The largest absolute Gasteiger partial charge is 0.493 e. The fourth-order valence-corrected chi connectivity index (χ4v) is 2.09. The highest BCUT2D eigenvalue weighted by Crippen LogP contribution is 2.27. The van der Waals surface area contributed by atoms with Crippen LogP contribution in [-0.2, 0) is 0 Å². The van der Waals surface area contributed by atoms with Gasteiger partial charge >= 0.3 is 0 Å².